The van der Waals surface area contributed by atoms with E-state index in [-0.39, 0.29) is 59.0 Å². The molecule has 0 aromatic rings. The van der Waals surface area contributed by atoms with Gasteiger partial charge in [0.05, 0.1) is 5.92 Å². The summed E-state index contributed by atoms with van der Waals surface area (Å²) in [6.45, 7) is 3.89. The van der Waals surface area contributed by atoms with Gasteiger partial charge in [-0.15, -0.1) is 0 Å². The third-order valence-electron chi connectivity index (χ3n) is 7.29. The molecule has 6 heteroatoms. The van der Waals surface area contributed by atoms with Gasteiger partial charge in [-0.2, -0.15) is 0 Å². The van der Waals surface area contributed by atoms with Crippen molar-refractivity contribution in [1.82, 2.24) is 4.90 Å². The van der Waals surface area contributed by atoms with E-state index in [0.29, 0.717) is 0 Å². The van der Waals surface area contributed by atoms with Gasteiger partial charge in [-0.1, -0.05) is 0 Å². The fraction of sp³-hybridized carbons (Fsp3) is 0.765. The summed E-state index contributed by atoms with van der Waals surface area (Å²) in [7, 11) is 0. The minimum Gasteiger partial charge on any atom is -0.392 e. The first-order valence-electron chi connectivity index (χ1n) is 8.44. The van der Waals surface area contributed by atoms with Gasteiger partial charge < -0.3 is 4.74 Å². The molecule has 0 N–H and O–H groups in total. The summed E-state index contributed by atoms with van der Waals surface area (Å²) in [6.07, 6.45) is 0.875. The second-order valence-corrected chi connectivity index (χ2v) is 7.98. The molecule has 4 bridgehead atoms. The Balaban J connectivity index is 1.57. The third kappa shape index (κ3) is 1.40. The van der Waals surface area contributed by atoms with E-state index in [2.05, 4.69) is 4.90 Å². The van der Waals surface area contributed by atoms with Crippen molar-refractivity contribution >= 4 is 23.5 Å². The Morgan fingerprint density at radius 2 is 1.65 bits per heavy atom. The highest BCUT2D eigenvalue weighted by molar-refractivity contribution is 6.00. The van der Waals surface area contributed by atoms with Crippen LogP contribution in [0.3, 0.4) is 0 Å². The molecule has 3 heterocycles. The standard InChI is InChI=1S/C17H19NO5/c1-5(19)10-7-3-8(11(10)6(2)20)14-12(7)9-4-18(14)15-13(9)16(21)23-17(15)22/h7-15H,3-4H2,1-2H3. The van der Waals surface area contributed by atoms with Crippen molar-refractivity contribution in [2.24, 2.45) is 41.4 Å². The fourth-order valence-electron chi connectivity index (χ4n) is 6.97. The number of hydrogen-bond acceptors (Lipinski definition) is 6. The van der Waals surface area contributed by atoms with Crippen LogP contribution in [0, 0.1) is 41.4 Å². The second kappa shape index (κ2) is 4.09. The Kier molecular flexibility index (Phi) is 2.46. The molecule has 0 amide bonds. The van der Waals surface area contributed by atoms with Crippen LogP contribution >= 0.6 is 0 Å². The highest BCUT2D eigenvalue weighted by Crippen LogP contribution is 2.66. The highest BCUT2D eigenvalue weighted by Gasteiger charge is 2.74. The number of carbonyl (C=O) groups excluding carboxylic acids is 4. The van der Waals surface area contributed by atoms with Gasteiger partial charge in [0.1, 0.15) is 17.6 Å². The van der Waals surface area contributed by atoms with Crippen LogP contribution < -0.4 is 0 Å². The lowest BCUT2D eigenvalue weighted by Crippen LogP contribution is -2.55. The number of hydrogen-bond donors (Lipinski definition) is 0. The van der Waals surface area contributed by atoms with Crippen LogP contribution in [0.4, 0.5) is 0 Å². The van der Waals surface area contributed by atoms with Crippen LogP contribution in [0.15, 0.2) is 0 Å². The maximum atomic E-state index is 12.2. The Labute approximate surface area is 133 Å². The van der Waals surface area contributed by atoms with Gasteiger partial charge in [0.2, 0.25) is 0 Å². The van der Waals surface area contributed by atoms with Crippen molar-refractivity contribution < 1.29 is 23.9 Å². The average Bonchev–Trinajstić information content (AvgIpc) is 3.21. The number of piperidine rings is 1. The first-order valence-corrected chi connectivity index (χ1v) is 8.44. The number of rotatable bonds is 2. The molecule has 5 fully saturated rings. The lowest BCUT2D eigenvalue weighted by atomic mass is 9.63. The smallest absolute Gasteiger partial charge is 0.331 e. The number of fused-ring (bicyclic) bond motifs is 12. The van der Waals surface area contributed by atoms with Gasteiger partial charge in [0, 0.05) is 24.4 Å². The molecule has 0 aromatic heterocycles. The summed E-state index contributed by atoms with van der Waals surface area (Å²) in [5.74, 6) is -0.735. The fourth-order valence-corrected chi connectivity index (χ4v) is 6.97. The second-order valence-electron chi connectivity index (χ2n) is 7.98. The Hall–Kier alpha value is -1.56. The lowest BCUT2D eigenvalue weighted by Gasteiger charge is -2.44. The van der Waals surface area contributed by atoms with Gasteiger partial charge in [0.25, 0.3) is 0 Å². The maximum Gasteiger partial charge on any atom is 0.331 e. The molecule has 6 nitrogen and oxygen atoms in total. The number of esters is 2. The molecule has 3 saturated heterocycles. The van der Waals surface area contributed by atoms with E-state index in [1.165, 1.54) is 0 Å². The molecule has 122 valence electrons. The van der Waals surface area contributed by atoms with Crippen molar-refractivity contribution in [3.63, 3.8) is 0 Å². The Morgan fingerprint density at radius 1 is 1.00 bits per heavy atom. The molecule has 5 aliphatic rings. The zero-order valence-electron chi connectivity index (χ0n) is 13.1. The number of carbonyl (C=O) groups is 4. The van der Waals surface area contributed by atoms with Crippen molar-refractivity contribution in [2.45, 2.75) is 32.4 Å². The van der Waals surface area contributed by atoms with Gasteiger partial charge in [0.15, 0.2) is 0 Å². The SMILES string of the molecule is CC(=O)C1C2CC(C1C(C)=O)C1C2C2CN1C1C(=O)OC(=O)C21. The van der Waals surface area contributed by atoms with Crippen molar-refractivity contribution in [3.8, 4) is 0 Å². The predicted molar refractivity (Wildman–Crippen MR) is 75.8 cm³/mol. The van der Waals surface area contributed by atoms with E-state index in [9.17, 15) is 19.2 Å². The van der Waals surface area contributed by atoms with Gasteiger partial charge in [-0.05, 0) is 43.9 Å². The molecular formula is C17H19NO5. The quantitative estimate of drug-likeness (QED) is 0.529. The average molecular weight is 317 g/mol. The Bertz CT molecular complexity index is 618. The highest BCUT2D eigenvalue weighted by atomic mass is 16.6. The number of cyclic esters (lactones) is 2. The van der Waals surface area contributed by atoms with E-state index in [1.807, 2.05) is 0 Å². The minimum atomic E-state index is -0.448. The molecule has 2 aliphatic carbocycles. The van der Waals surface area contributed by atoms with E-state index in [4.69, 9.17) is 4.74 Å². The van der Waals surface area contributed by atoms with Gasteiger partial charge >= 0.3 is 11.9 Å². The van der Waals surface area contributed by atoms with Crippen LogP contribution in [-0.4, -0.2) is 47.0 Å². The van der Waals surface area contributed by atoms with Crippen LogP contribution in [0.1, 0.15) is 20.3 Å². The van der Waals surface area contributed by atoms with Crippen LogP contribution in [-0.2, 0) is 23.9 Å². The molecule has 0 spiro atoms. The number of Topliss-reactive ketones (excluding diaryl/α,β-unsaturated/α-hetero) is 2. The molecule has 23 heavy (non-hydrogen) atoms. The van der Waals surface area contributed by atoms with E-state index >= 15 is 0 Å². The van der Waals surface area contributed by atoms with Crippen LogP contribution in [0.2, 0.25) is 0 Å². The summed E-state index contributed by atoms with van der Waals surface area (Å²) in [4.78, 5) is 50.6. The monoisotopic (exact) mass is 317 g/mol. The molecule has 5 rings (SSSR count). The molecule has 0 radical (unpaired) electrons. The normalized spacial score (nSPS) is 55.0. The van der Waals surface area contributed by atoms with E-state index < -0.39 is 18.0 Å². The number of ether oxygens (including phenoxy) is 1. The van der Waals surface area contributed by atoms with Crippen LogP contribution in [0.25, 0.3) is 0 Å². The zero-order chi connectivity index (χ0) is 16.2. The predicted octanol–water partition coefficient (Wildman–Crippen LogP) is 0.0449. The Morgan fingerprint density at radius 3 is 2.30 bits per heavy atom. The number of ketones is 2. The molecule has 3 aliphatic heterocycles. The van der Waals surface area contributed by atoms with Gasteiger partial charge in [-0.25, -0.2) is 4.79 Å². The summed E-state index contributed by atoms with van der Waals surface area (Å²) in [6, 6.07) is -0.286. The third-order valence-corrected chi connectivity index (χ3v) is 7.29. The zero-order valence-corrected chi connectivity index (χ0v) is 13.1. The van der Waals surface area contributed by atoms with Crippen molar-refractivity contribution in [2.75, 3.05) is 6.54 Å². The molecule has 10 unspecified atom stereocenters. The van der Waals surface area contributed by atoms with Crippen molar-refractivity contribution in [1.29, 1.82) is 0 Å². The first-order chi connectivity index (χ1) is 10.9. The lowest BCUT2D eigenvalue weighted by molar-refractivity contribution is -0.154. The number of nitrogens with zero attached hydrogens (tertiary/aromatic N) is 1. The topological polar surface area (TPSA) is 80.8 Å². The summed E-state index contributed by atoms with van der Waals surface area (Å²) < 4.78 is 4.86. The minimum absolute atomic E-state index is 0.0850. The molecule has 10 atom stereocenters. The summed E-state index contributed by atoms with van der Waals surface area (Å²) in [5.41, 5.74) is 0. The van der Waals surface area contributed by atoms with Crippen LogP contribution in [0.5, 0.6) is 0 Å². The van der Waals surface area contributed by atoms with Gasteiger partial charge in [-0.3, -0.25) is 19.3 Å². The van der Waals surface area contributed by atoms with Crippen molar-refractivity contribution in [3.05, 3.63) is 0 Å². The van der Waals surface area contributed by atoms with E-state index in [1.54, 1.807) is 13.8 Å². The first kappa shape index (κ1) is 13.8. The molecule has 2 saturated carbocycles. The van der Waals surface area contributed by atoms with E-state index in [0.717, 1.165) is 13.0 Å². The summed E-state index contributed by atoms with van der Waals surface area (Å²) in [5, 5.41) is 0. The summed E-state index contributed by atoms with van der Waals surface area (Å²) >= 11 is 0. The molecular weight excluding hydrogens is 298 g/mol. The largest absolute Gasteiger partial charge is 0.392 e. The maximum absolute atomic E-state index is 12.2. The molecule has 0 aromatic carbocycles.